The van der Waals surface area contributed by atoms with Gasteiger partial charge in [-0.3, -0.25) is 0 Å². The standard InChI is InChI=1S/C14H18N2O4S3/c1-2-12-5-8-14(21-12)23(19,20)16-10-9-11-3-6-13(7-4-11)22(15,17)18/h3-8,16H,2,9-10H2,1H3,(H2,15,17,18). The smallest absolute Gasteiger partial charge is 0.225 e. The van der Waals surface area contributed by atoms with Crippen molar-refractivity contribution in [1.82, 2.24) is 4.72 Å². The van der Waals surface area contributed by atoms with Crippen molar-refractivity contribution < 1.29 is 16.8 Å². The first-order valence-electron chi connectivity index (χ1n) is 6.92. The zero-order valence-electron chi connectivity index (χ0n) is 12.5. The van der Waals surface area contributed by atoms with E-state index >= 15 is 0 Å². The molecule has 9 heteroatoms. The molecule has 0 spiro atoms. The van der Waals surface area contributed by atoms with E-state index in [2.05, 4.69) is 4.72 Å². The Morgan fingerprint density at radius 2 is 1.70 bits per heavy atom. The summed E-state index contributed by atoms with van der Waals surface area (Å²) >= 11 is 1.26. The van der Waals surface area contributed by atoms with Gasteiger partial charge in [0.05, 0.1) is 4.90 Å². The summed E-state index contributed by atoms with van der Waals surface area (Å²) in [5.41, 5.74) is 0.820. The third-order valence-electron chi connectivity index (χ3n) is 3.21. The molecule has 0 atom stereocenters. The number of aryl methyl sites for hydroxylation is 1. The molecule has 0 amide bonds. The van der Waals surface area contributed by atoms with Gasteiger partial charge in [0, 0.05) is 11.4 Å². The van der Waals surface area contributed by atoms with Crippen molar-refractivity contribution in [3.8, 4) is 0 Å². The highest BCUT2D eigenvalue weighted by Gasteiger charge is 2.16. The van der Waals surface area contributed by atoms with E-state index < -0.39 is 20.0 Å². The van der Waals surface area contributed by atoms with Crippen LogP contribution < -0.4 is 9.86 Å². The van der Waals surface area contributed by atoms with Crippen LogP contribution >= 0.6 is 11.3 Å². The third-order valence-corrected chi connectivity index (χ3v) is 7.32. The molecule has 1 heterocycles. The number of hydrogen-bond donors (Lipinski definition) is 2. The average molecular weight is 375 g/mol. The average Bonchev–Trinajstić information content (AvgIpc) is 2.96. The highest BCUT2D eigenvalue weighted by Crippen LogP contribution is 2.21. The molecule has 0 radical (unpaired) electrons. The summed E-state index contributed by atoms with van der Waals surface area (Å²) in [7, 11) is -7.21. The molecular weight excluding hydrogens is 356 g/mol. The monoisotopic (exact) mass is 374 g/mol. The van der Waals surface area contributed by atoms with Crippen molar-refractivity contribution >= 4 is 31.4 Å². The van der Waals surface area contributed by atoms with Gasteiger partial charge in [-0.25, -0.2) is 26.7 Å². The van der Waals surface area contributed by atoms with Crippen LogP contribution in [0.3, 0.4) is 0 Å². The van der Waals surface area contributed by atoms with Crippen molar-refractivity contribution in [2.24, 2.45) is 5.14 Å². The van der Waals surface area contributed by atoms with Crippen LogP contribution in [0.25, 0.3) is 0 Å². The Morgan fingerprint density at radius 1 is 1.04 bits per heavy atom. The van der Waals surface area contributed by atoms with Gasteiger partial charge in [0.25, 0.3) is 0 Å². The van der Waals surface area contributed by atoms with Crippen LogP contribution in [0.5, 0.6) is 0 Å². The summed E-state index contributed by atoms with van der Waals surface area (Å²) in [6.07, 6.45) is 1.26. The Bertz CT molecular complexity index is 869. The number of nitrogens with one attached hydrogen (secondary N) is 1. The van der Waals surface area contributed by atoms with Crippen molar-refractivity contribution in [1.29, 1.82) is 0 Å². The lowest BCUT2D eigenvalue weighted by Gasteiger charge is -2.05. The fraction of sp³-hybridized carbons (Fsp3) is 0.286. The molecule has 23 heavy (non-hydrogen) atoms. The quantitative estimate of drug-likeness (QED) is 0.765. The van der Waals surface area contributed by atoms with Gasteiger partial charge in [0.2, 0.25) is 20.0 Å². The maximum Gasteiger partial charge on any atom is 0.250 e. The molecule has 1 aromatic carbocycles. The van der Waals surface area contributed by atoms with E-state index in [0.717, 1.165) is 16.9 Å². The van der Waals surface area contributed by atoms with E-state index in [4.69, 9.17) is 5.14 Å². The van der Waals surface area contributed by atoms with Gasteiger partial charge in [-0.15, -0.1) is 11.3 Å². The topological polar surface area (TPSA) is 106 Å². The molecule has 126 valence electrons. The first kappa shape index (κ1) is 18.1. The van der Waals surface area contributed by atoms with Gasteiger partial charge in [0.1, 0.15) is 4.21 Å². The van der Waals surface area contributed by atoms with E-state index in [9.17, 15) is 16.8 Å². The van der Waals surface area contributed by atoms with Crippen LogP contribution in [-0.4, -0.2) is 23.4 Å². The SMILES string of the molecule is CCc1ccc(S(=O)(=O)NCCc2ccc(S(N)(=O)=O)cc2)s1. The molecule has 3 N–H and O–H groups in total. The van der Waals surface area contributed by atoms with Crippen molar-refractivity contribution in [3.05, 3.63) is 46.8 Å². The molecule has 6 nitrogen and oxygen atoms in total. The summed E-state index contributed by atoms with van der Waals surface area (Å²) in [6, 6.07) is 9.47. The van der Waals surface area contributed by atoms with E-state index in [1.165, 1.54) is 23.5 Å². The van der Waals surface area contributed by atoms with Gasteiger partial charge in [-0.2, -0.15) is 0 Å². The Balaban J connectivity index is 1.96. The zero-order chi connectivity index (χ0) is 17.1. The second-order valence-corrected chi connectivity index (χ2v) is 9.63. The molecule has 0 fully saturated rings. The van der Waals surface area contributed by atoms with Crippen LogP contribution in [0.15, 0.2) is 45.5 Å². The normalized spacial score (nSPS) is 12.4. The summed E-state index contributed by atoms with van der Waals surface area (Å²) in [4.78, 5) is 1.05. The minimum atomic E-state index is -3.71. The third kappa shape index (κ3) is 4.85. The predicted molar refractivity (Wildman–Crippen MR) is 90.4 cm³/mol. The van der Waals surface area contributed by atoms with Crippen LogP contribution in [0.4, 0.5) is 0 Å². The largest absolute Gasteiger partial charge is 0.250 e. The Labute approximate surface area is 140 Å². The number of thiophene rings is 1. The van der Waals surface area contributed by atoms with Gasteiger partial charge in [0.15, 0.2) is 0 Å². The number of sulfonamides is 2. The van der Waals surface area contributed by atoms with Crippen molar-refractivity contribution in [3.63, 3.8) is 0 Å². The lowest BCUT2D eigenvalue weighted by atomic mass is 10.2. The molecular formula is C14H18N2O4S3. The molecule has 0 aliphatic carbocycles. The van der Waals surface area contributed by atoms with Crippen molar-refractivity contribution in [2.45, 2.75) is 28.9 Å². The Kier molecular flexibility index (Phi) is 5.58. The first-order chi connectivity index (χ1) is 10.7. The summed E-state index contributed by atoms with van der Waals surface area (Å²) in [6.45, 7) is 2.21. The number of hydrogen-bond acceptors (Lipinski definition) is 5. The number of rotatable bonds is 7. The van der Waals surface area contributed by atoms with Gasteiger partial charge in [-0.05, 0) is 42.7 Å². The highest BCUT2D eigenvalue weighted by atomic mass is 32.2. The molecule has 0 saturated heterocycles. The van der Waals surface area contributed by atoms with Gasteiger partial charge in [-0.1, -0.05) is 19.1 Å². The molecule has 0 unspecified atom stereocenters. The Morgan fingerprint density at radius 3 is 2.22 bits per heavy atom. The molecule has 0 aliphatic heterocycles. The van der Waals surface area contributed by atoms with E-state index in [0.29, 0.717) is 10.6 Å². The zero-order valence-corrected chi connectivity index (χ0v) is 15.0. The summed E-state index contributed by atoms with van der Waals surface area (Å²) in [5, 5.41) is 5.02. The molecule has 2 aromatic rings. The molecule has 1 aromatic heterocycles. The predicted octanol–water partition coefficient (Wildman–Crippen LogP) is 1.48. The fourth-order valence-electron chi connectivity index (χ4n) is 1.94. The minimum Gasteiger partial charge on any atom is -0.225 e. The molecule has 0 saturated carbocycles. The lowest BCUT2D eigenvalue weighted by Crippen LogP contribution is -2.25. The fourth-order valence-corrected chi connectivity index (χ4v) is 4.83. The maximum absolute atomic E-state index is 12.1. The highest BCUT2D eigenvalue weighted by molar-refractivity contribution is 7.91. The Hall–Kier alpha value is -1.26. The number of benzene rings is 1. The van der Waals surface area contributed by atoms with Crippen LogP contribution in [0.2, 0.25) is 0 Å². The molecule has 0 bridgehead atoms. The summed E-state index contributed by atoms with van der Waals surface area (Å²) < 4.78 is 49.5. The first-order valence-corrected chi connectivity index (χ1v) is 10.8. The van der Waals surface area contributed by atoms with Crippen LogP contribution in [0.1, 0.15) is 17.4 Å². The second-order valence-electron chi connectivity index (χ2n) is 4.91. The maximum atomic E-state index is 12.1. The van der Waals surface area contributed by atoms with Crippen LogP contribution in [-0.2, 0) is 32.9 Å². The van der Waals surface area contributed by atoms with E-state index in [-0.39, 0.29) is 11.4 Å². The minimum absolute atomic E-state index is 0.0347. The lowest BCUT2D eigenvalue weighted by molar-refractivity contribution is 0.583. The molecule has 0 aliphatic rings. The van der Waals surface area contributed by atoms with Crippen LogP contribution in [0, 0.1) is 0 Å². The molecule has 2 rings (SSSR count). The van der Waals surface area contributed by atoms with Gasteiger partial charge >= 0.3 is 0 Å². The summed E-state index contributed by atoms with van der Waals surface area (Å²) in [5.74, 6) is 0. The van der Waals surface area contributed by atoms with E-state index in [1.54, 1.807) is 18.2 Å². The van der Waals surface area contributed by atoms with Gasteiger partial charge < -0.3 is 0 Å². The number of primary sulfonamides is 1. The number of nitrogens with two attached hydrogens (primary N) is 1. The second kappa shape index (κ2) is 7.10. The van der Waals surface area contributed by atoms with E-state index in [1.807, 2.05) is 13.0 Å². The van der Waals surface area contributed by atoms with Crippen molar-refractivity contribution in [2.75, 3.05) is 6.54 Å².